The molecule has 0 spiro atoms. The Morgan fingerprint density at radius 3 is 2.44 bits per heavy atom. The molecule has 2 unspecified atom stereocenters. The van der Waals surface area contributed by atoms with Gasteiger partial charge in [-0.1, -0.05) is 0 Å². The third-order valence-corrected chi connectivity index (χ3v) is 5.29. The summed E-state index contributed by atoms with van der Waals surface area (Å²) < 4.78 is 27.9. The van der Waals surface area contributed by atoms with Gasteiger partial charge in [-0.2, -0.15) is 0 Å². The summed E-state index contributed by atoms with van der Waals surface area (Å²) in [5.74, 6) is -0.414. The van der Waals surface area contributed by atoms with Crippen LogP contribution in [0.25, 0.3) is 0 Å². The van der Waals surface area contributed by atoms with Gasteiger partial charge in [0.1, 0.15) is 9.84 Å². The number of sulfone groups is 1. The van der Waals surface area contributed by atoms with Crippen LogP contribution in [0, 0.1) is 0 Å². The number of rotatable bonds is 4. The van der Waals surface area contributed by atoms with E-state index in [1.54, 1.807) is 0 Å². The topological polar surface area (TPSA) is 92.7 Å². The molecule has 2 heterocycles. The first kappa shape index (κ1) is 13.8. The average Bonchev–Trinajstić information content (AvgIpc) is 2.76. The van der Waals surface area contributed by atoms with Crippen molar-refractivity contribution in [2.75, 3.05) is 18.1 Å². The van der Waals surface area contributed by atoms with Gasteiger partial charge in [-0.3, -0.25) is 0 Å². The predicted octanol–water partition coefficient (Wildman–Crippen LogP) is -0.215. The van der Waals surface area contributed by atoms with Crippen LogP contribution in [0.2, 0.25) is 0 Å². The monoisotopic (exact) mass is 277 g/mol. The van der Waals surface area contributed by atoms with Gasteiger partial charge in [-0.25, -0.2) is 13.2 Å². The predicted molar refractivity (Wildman–Crippen MR) is 65.2 cm³/mol. The normalized spacial score (nSPS) is 32.4. The number of nitrogens with one attached hydrogen (secondary N) is 1. The molecule has 2 atom stereocenters. The van der Waals surface area contributed by atoms with E-state index in [1.807, 2.05) is 0 Å². The first-order valence-corrected chi connectivity index (χ1v) is 8.10. The van der Waals surface area contributed by atoms with Crippen LogP contribution in [0.5, 0.6) is 0 Å². The van der Waals surface area contributed by atoms with Gasteiger partial charge in [0, 0.05) is 12.6 Å². The van der Waals surface area contributed by atoms with Crippen molar-refractivity contribution in [3.63, 3.8) is 0 Å². The maximum absolute atomic E-state index is 11.3. The van der Waals surface area contributed by atoms with E-state index in [0.29, 0.717) is 25.8 Å². The van der Waals surface area contributed by atoms with Crippen molar-refractivity contribution in [3.05, 3.63) is 0 Å². The van der Waals surface area contributed by atoms with E-state index >= 15 is 0 Å². The third-order valence-electron chi connectivity index (χ3n) is 3.57. The van der Waals surface area contributed by atoms with E-state index in [-0.39, 0.29) is 23.7 Å². The Labute approximate surface area is 107 Å². The summed E-state index contributed by atoms with van der Waals surface area (Å²) in [6.07, 6.45) is 1.83. The molecule has 2 N–H and O–H groups in total. The van der Waals surface area contributed by atoms with Crippen LogP contribution in [-0.2, 0) is 19.4 Å². The van der Waals surface area contributed by atoms with E-state index < -0.39 is 21.9 Å². The lowest BCUT2D eigenvalue weighted by atomic mass is 10.1. The molecule has 6 nitrogen and oxygen atoms in total. The van der Waals surface area contributed by atoms with Crippen LogP contribution < -0.4 is 5.32 Å². The molecule has 0 bridgehead atoms. The minimum atomic E-state index is -2.82. The molecule has 0 aromatic heterocycles. The van der Waals surface area contributed by atoms with E-state index in [2.05, 4.69) is 5.32 Å². The molecule has 2 saturated heterocycles. The molecule has 2 aliphatic heterocycles. The van der Waals surface area contributed by atoms with Gasteiger partial charge in [0.25, 0.3) is 0 Å². The van der Waals surface area contributed by atoms with Crippen LogP contribution >= 0.6 is 0 Å². The molecular formula is C11H19NO5S. The van der Waals surface area contributed by atoms with Gasteiger partial charge < -0.3 is 15.2 Å². The van der Waals surface area contributed by atoms with E-state index in [4.69, 9.17) is 9.84 Å². The Morgan fingerprint density at radius 2 is 1.89 bits per heavy atom. The highest BCUT2D eigenvalue weighted by Gasteiger charge is 2.31. The smallest absolute Gasteiger partial charge is 0.332 e. The van der Waals surface area contributed by atoms with Gasteiger partial charge in [-0.15, -0.1) is 0 Å². The molecule has 7 heteroatoms. The Balaban J connectivity index is 1.69. The number of carboxylic acids is 1. The zero-order valence-corrected chi connectivity index (χ0v) is 11.0. The first-order valence-electron chi connectivity index (χ1n) is 6.28. The van der Waals surface area contributed by atoms with Gasteiger partial charge in [0.2, 0.25) is 0 Å². The Morgan fingerprint density at radius 1 is 1.22 bits per heavy atom. The molecule has 0 aliphatic carbocycles. The molecule has 0 aromatic rings. The third kappa shape index (κ3) is 3.66. The SMILES string of the molecule is O=C(O)C1CCC(CNC2CCS(=O)(=O)CC2)O1. The molecule has 2 fully saturated rings. The number of ether oxygens (including phenoxy) is 1. The second-order valence-corrected chi connectivity index (χ2v) is 7.30. The molecule has 104 valence electrons. The Kier molecular flexibility index (Phi) is 4.24. The molecule has 0 amide bonds. The van der Waals surface area contributed by atoms with E-state index in [0.717, 1.165) is 6.42 Å². The summed E-state index contributed by atoms with van der Waals surface area (Å²) in [6.45, 7) is 0.606. The Bertz CT molecular complexity index is 394. The highest BCUT2D eigenvalue weighted by molar-refractivity contribution is 7.91. The molecule has 0 aromatic carbocycles. The minimum absolute atomic E-state index is 0.0652. The molecular weight excluding hydrogens is 258 g/mol. The second-order valence-electron chi connectivity index (χ2n) is 5.00. The molecule has 2 aliphatic rings. The maximum Gasteiger partial charge on any atom is 0.332 e. The van der Waals surface area contributed by atoms with Crippen molar-refractivity contribution in [1.29, 1.82) is 0 Å². The lowest BCUT2D eigenvalue weighted by Crippen LogP contribution is -2.41. The fourth-order valence-corrected chi connectivity index (χ4v) is 3.92. The van der Waals surface area contributed by atoms with Crippen molar-refractivity contribution < 1.29 is 23.1 Å². The maximum atomic E-state index is 11.3. The Hall–Kier alpha value is -0.660. The number of hydrogen-bond acceptors (Lipinski definition) is 5. The average molecular weight is 277 g/mol. The highest BCUT2D eigenvalue weighted by atomic mass is 32.2. The lowest BCUT2D eigenvalue weighted by molar-refractivity contribution is -0.149. The van der Waals surface area contributed by atoms with Gasteiger partial charge in [0.15, 0.2) is 6.10 Å². The van der Waals surface area contributed by atoms with Crippen molar-refractivity contribution >= 4 is 15.8 Å². The van der Waals surface area contributed by atoms with Gasteiger partial charge >= 0.3 is 5.97 Å². The second kappa shape index (κ2) is 5.54. The summed E-state index contributed by atoms with van der Waals surface area (Å²) >= 11 is 0. The summed E-state index contributed by atoms with van der Waals surface area (Å²) in [5.41, 5.74) is 0. The quantitative estimate of drug-likeness (QED) is 0.738. The standard InChI is InChI=1S/C11H19NO5S/c13-11(14)10-2-1-9(17-10)7-12-8-3-5-18(15,16)6-4-8/h8-10,12H,1-7H2,(H,13,14). The van der Waals surface area contributed by atoms with Crippen LogP contribution in [0.4, 0.5) is 0 Å². The van der Waals surface area contributed by atoms with Crippen molar-refractivity contribution in [3.8, 4) is 0 Å². The van der Waals surface area contributed by atoms with Gasteiger partial charge in [-0.05, 0) is 25.7 Å². The minimum Gasteiger partial charge on any atom is -0.479 e. The fraction of sp³-hybridized carbons (Fsp3) is 0.909. The molecule has 18 heavy (non-hydrogen) atoms. The van der Waals surface area contributed by atoms with E-state index in [1.165, 1.54) is 0 Å². The zero-order valence-electron chi connectivity index (χ0n) is 10.2. The first-order chi connectivity index (χ1) is 8.46. The van der Waals surface area contributed by atoms with Crippen LogP contribution in [0.3, 0.4) is 0 Å². The summed E-state index contributed by atoms with van der Waals surface area (Å²) in [5, 5.41) is 12.1. The number of aliphatic carboxylic acids is 1. The van der Waals surface area contributed by atoms with Crippen LogP contribution in [0.15, 0.2) is 0 Å². The fourth-order valence-electron chi connectivity index (χ4n) is 2.43. The summed E-state index contributed by atoms with van der Waals surface area (Å²) in [6, 6.07) is 0.209. The largest absolute Gasteiger partial charge is 0.479 e. The van der Waals surface area contributed by atoms with Crippen LogP contribution in [-0.4, -0.2) is 55.8 Å². The summed E-state index contributed by atoms with van der Waals surface area (Å²) in [4.78, 5) is 10.7. The summed E-state index contributed by atoms with van der Waals surface area (Å²) in [7, 11) is -2.82. The molecule has 0 saturated carbocycles. The molecule has 2 rings (SSSR count). The van der Waals surface area contributed by atoms with Crippen molar-refractivity contribution in [2.45, 2.75) is 43.9 Å². The number of hydrogen-bond donors (Lipinski definition) is 2. The molecule has 0 radical (unpaired) electrons. The number of carboxylic acid groups (broad SMARTS) is 1. The van der Waals surface area contributed by atoms with Gasteiger partial charge in [0.05, 0.1) is 17.6 Å². The van der Waals surface area contributed by atoms with Crippen molar-refractivity contribution in [2.24, 2.45) is 0 Å². The zero-order chi connectivity index (χ0) is 13.2. The lowest BCUT2D eigenvalue weighted by Gasteiger charge is -2.24. The highest BCUT2D eigenvalue weighted by Crippen LogP contribution is 2.20. The van der Waals surface area contributed by atoms with Crippen LogP contribution in [0.1, 0.15) is 25.7 Å². The van der Waals surface area contributed by atoms with Crippen molar-refractivity contribution in [1.82, 2.24) is 5.32 Å². The van der Waals surface area contributed by atoms with E-state index in [9.17, 15) is 13.2 Å². The number of carbonyl (C=O) groups is 1.